The summed E-state index contributed by atoms with van der Waals surface area (Å²) in [5, 5.41) is 4.22. The van der Waals surface area contributed by atoms with Crippen molar-refractivity contribution in [2.75, 3.05) is 11.9 Å². The van der Waals surface area contributed by atoms with E-state index in [0.29, 0.717) is 0 Å². The number of halogens is 1. The van der Waals surface area contributed by atoms with E-state index in [1.807, 2.05) is 19.9 Å². The molecule has 2 nitrogen and oxygen atoms in total. The molecule has 1 aromatic carbocycles. The van der Waals surface area contributed by atoms with Crippen LogP contribution in [0.4, 0.5) is 5.69 Å². The highest BCUT2D eigenvalue weighted by molar-refractivity contribution is 6.32. The van der Waals surface area contributed by atoms with Crippen LogP contribution in [0.25, 0.3) is 0 Å². The Kier molecular flexibility index (Phi) is 2.79. The van der Waals surface area contributed by atoms with Crippen LogP contribution < -0.4 is 10.1 Å². The van der Waals surface area contributed by atoms with Gasteiger partial charge in [0.25, 0.3) is 0 Å². The molecule has 1 atom stereocenters. The quantitative estimate of drug-likeness (QED) is 0.790. The minimum atomic E-state index is 0.275. The summed E-state index contributed by atoms with van der Waals surface area (Å²) in [5.74, 6) is 0.938. The fourth-order valence-corrected chi connectivity index (χ4v) is 2.05. The van der Waals surface area contributed by atoms with Gasteiger partial charge < -0.3 is 10.1 Å². The normalized spacial score (nSPS) is 19.1. The Morgan fingerprint density at radius 1 is 1.53 bits per heavy atom. The van der Waals surface area contributed by atoms with Crippen LogP contribution in [-0.2, 0) is 0 Å². The predicted octanol–water partition coefficient (Wildman–Crippen LogP) is 3.54. The number of ether oxygens (including phenoxy) is 1. The molecule has 0 amide bonds. The zero-order valence-electron chi connectivity index (χ0n) is 9.36. The van der Waals surface area contributed by atoms with Crippen molar-refractivity contribution in [3.05, 3.63) is 22.2 Å². The Balaban J connectivity index is 2.44. The van der Waals surface area contributed by atoms with Gasteiger partial charge >= 0.3 is 0 Å². The molecule has 0 fully saturated rings. The second kappa shape index (κ2) is 3.93. The zero-order valence-corrected chi connectivity index (χ0v) is 10.1. The van der Waals surface area contributed by atoms with Gasteiger partial charge in [0.15, 0.2) is 0 Å². The molecule has 0 spiro atoms. The van der Waals surface area contributed by atoms with Crippen molar-refractivity contribution in [3.8, 4) is 5.75 Å². The third-order valence-electron chi connectivity index (χ3n) is 2.90. The molecular weight excluding hydrogens is 210 g/mol. The van der Waals surface area contributed by atoms with E-state index in [2.05, 4.69) is 12.2 Å². The monoisotopic (exact) mass is 225 g/mol. The lowest BCUT2D eigenvalue weighted by Gasteiger charge is -2.28. The van der Waals surface area contributed by atoms with E-state index in [4.69, 9.17) is 16.3 Å². The average Bonchev–Trinajstić information content (AvgIpc) is 2.25. The van der Waals surface area contributed by atoms with Crippen LogP contribution in [0.15, 0.2) is 6.07 Å². The fraction of sp³-hybridized carbons (Fsp3) is 0.500. The minimum Gasteiger partial charge on any atom is -0.486 e. The highest BCUT2D eigenvalue weighted by atomic mass is 35.5. The third kappa shape index (κ3) is 1.78. The molecule has 1 N–H and O–H groups in total. The molecule has 1 aliphatic rings. The molecule has 0 bridgehead atoms. The average molecular weight is 226 g/mol. The molecule has 1 aromatic rings. The lowest BCUT2D eigenvalue weighted by atomic mass is 10.1. The second-order valence-electron chi connectivity index (χ2n) is 4.03. The molecule has 15 heavy (non-hydrogen) atoms. The summed E-state index contributed by atoms with van der Waals surface area (Å²) in [5.41, 5.74) is 3.21. The molecule has 0 aromatic heterocycles. The molecule has 0 saturated carbocycles. The molecule has 3 heteroatoms. The molecule has 2 rings (SSSR count). The maximum Gasteiger partial charge on any atom is 0.143 e. The number of aryl methyl sites for hydroxylation is 1. The lowest BCUT2D eigenvalue weighted by Crippen LogP contribution is -2.30. The largest absolute Gasteiger partial charge is 0.486 e. The second-order valence-corrected chi connectivity index (χ2v) is 4.41. The smallest absolute Gasteiger partial charge is 0.143 e. The van der Waals surface area contributed by atoms with Crippen molar-refractivity contribution in [1.82, 2.24) is 0 Å². The number of anilines is 1. The van der Waals surface area contributed by atoms with Crippen molar-refractivity contribution in [2.24, 2.45) is 0 Å². The van der Waals surface area contributed by atoms with Gasteiger partial charge in [-0.15, -0.1) is 0 Å². The van der Waals surface area contributed by atoms with Crippen molar-refractivity contribution >= 4 is 17.3 Å². The molecule has 1 aliphatic heterocycles. The van der Waals surface area contributed by atoms with Crippen molar-refractivity contribution < 1.29 is 4.74 Å². The standard InChI is InChI=1S/C12H16ClNO/c1-4-9-6-14-12-8(3)11(13)7(2)5-10(12)15-9/h5,9,14H,4,6H2,1-3H3. The van der Waals surface area contributed by atoms with E-state index < -0.39 is 0 Å². The van der Waals surface area contributed by atoms with Gasteiger partial charge in [-0.2, -0.15) is 0 Å². The first-order valence-electron chi connectivity index (χ1n) is 5.33. The number of fused-ring (bicyclic) bond motifs is 1. The third-order valence-corrected chi connectivity index (χ3v) is 3.48. The van der Waals surface area contributed by atoms with Gasteiger partial charge in [-0.1, -0.05) is 18.5 Å². The SMILES string of the molecule is CCC1CNc2c(cc(C)c(Cl)c2C)O1. The van der Waals surface area contributed by atoms with Crippen molar-refractivity contribution in [1.29, 1.82) is 0 Å². The van der Waals surface area contributed by atoms with Crippen LogP contribution in [-0.4, -0.2) is 12.6 Å². The first-order valence-corrected chi connectivity index (χ1v) is 5.71. The van der Waals surface area contributed by atoms with Gasteiger partial charge in [-0.05, 0) is 37.5 Å². The molecule has 0 saturated heterocycles. The van der Waals surface area contributed by atoms with Gasteiger partial charge in [0.1, 0.15) is 11.9 Å². The highest BCUT2D eigenvalue weighted by Crippen LogP contribution is 2.38. The first-order chi connectivity index (χ1) is 7.13. The van der Waals surface area contributed by atoms with E-state index in [9.17, 15) is 0 Å². The van der Waals surface area contributed by atoms with Crippen LogP contribution in [0.1, 0.15) is 24.5 Å². The summed E-state index contributed by atoms with van der Waals surface area (Å²) in [6.45, 7) is 7.03. The van der Waals surface area contributed by atoms with Crippen LogP contribution in [0.2, 0.25) is 5.02 Å². The molecule has 0 aliphatic carbocycles. The van der Waals surface area contributed by atoms with Gasteiger partial charge in [0.2, 0.25) is 0 Å². The predicted molar refractivity (Wildman–Crippen MR) is 64.1 cm³/mol. The lowest BCUT2D eigenvalue weighted by molar-refractivity contribution is 0.201. The van der Waals surface area contributed by atoms with E-state index in [-0.39, 0.29) is 6.10 Å². The topological polar surface area (TPSA) is 21.3 Å². The molecule has 0 radical (unpaired) electrons. The van der Waals surface area contributed by atoms with Crippen LogP contribution >= 0.6 is 11.6 Å². The van der Waals surface area contributed by atoms with Crippen LogP contribution in [0, 0.1) is 13.8 Å². The molecular formula is C12H16ClNO. The van der Waals surface area contributed by atoms with Crippen LogP contribution in [0.3, 0.4) is 0 Å². The summed E-state index contributed by atoms with van der Waals surface area (Å²) < 4.78 is 5.88. The van der Waals surface area contributed by atoms with Crippen molar-refractivity contribution in [3.63, 3.8) is 0 Å². The van der Waals surface area contributed by atoms with Gasteiger partial charge in [-0.25, -0.2) is 0 Å². The summed E-state index contributed by atoms with van der Waals surface area (Å²) >= 11 is 6.19. The maximum absolute atomic E-state index is 6.19. The fourth-order valence-electron chi connectivity index (χ4n) is 1.90. The Hall–Kier alpha value is -0.890. The first kappa shape index (κ1) is 10.6. The zero-order chi connectivity index (χ0) is 11.0. The van der Waals surface area contributed by atoms with E-state index in [0.717, 1.165) is 40.6 Å². The maximum atomic E-state index is 6.19. The van der Waals surface area contributed by atoms with Crippen molar-refractivity contribution in [2.45, 2.75) is 33.3 Å². The molecule has 1 heterocycles. The van der Waals surface area contributed by atoms with Gasteiger partial charge in [0.05, 0.1) is 12.2 Å². The van der Waals surface area contributed by atoms with Crippen LogP contribution in [0.5, 0.6) is 5.75 Å². The molecule has 1 unspecified atom stereocenters. The summed E-state index contributed by atoms with van der Waals surface area (Å²) in [7, 11) is 0. The Bertz CT molecular complexity index is 390. The summed E-state index contributed by atoms with van der Waals surface area (Å²) in [4.78, 5) is 0. The number of benzene rings is 1. The minimum absolute atomic E-state index is 0.275. The van der Waals surface area contributed by atoms with Gasteiger partial charge in [0, 0.05) is 5.02 Å². The van der Waals surface area contributed by atoms with E-state index >= 15 is 0 Å². The van der Waals surface area contributed by atoms with E-state index in [1.54, 1.807) is 0 Å². The number of hydrogen-bond donors (Lipinski definition) is 1. The summed E-state index contributed by atoms with van der Waals surface area (Å²) in [6.07, 6.45) is 1.30. The Morgan fingerprint density at radius 3 is 2.93 bits per heavy atom. The highest BCUT2D eigenvalue weighted by Gasteiger charge is 2.21. The van der Waals surface area contributed by atoms with E-state index in [1.165, 1.54) is 0 Å². The number of nitrogens with one attached hydrogen (secondary N) is 1. The molecule has 82 valence electrons. The Morgan fingerprint density at radius 2 is 2.27 bits per heavy atom. The summed E-state index contributed by atoms with van der Waals surface area (Å²) in [6, 6.07) is 2.01. The van der Waals surface area contributed by atoms with Gasteiger partial charge in [-0.3, -0.25) is 0 Å². The number of hydrogen-bond acceptors (Lipinski definition) is 2. The number of rotatable bonds is 1. The Labute approximate surface area is 95.6 Å².